The zero-order valence-electron chi connectivity index (χ0n) is 12.3. The summed E-state index contributed by atoms with van der Waals surface area (Å²) in [7, 11) is 0. The predicted molar refractivity (Wildman–Crippen MR) is 86.5 cm³/mol. The molecule has 0 saturated carbocycles. The molecule has 0 bridgehead atoms. The molecule has 8 nitrogen and oxygen atoms in total. The van der Waals surface area contributed by atoms with Gasteiger partial charge in [-0.05, 0) is 41.5 Å². The van der Waals surface area contributed by atoms with Gasteiger partial charge in [0.25, 0.3) is 0 Å². The highest BCUT2D eigenvalue weighted by atomic mass is 79.9. The van der Waals surface area contributed by atoms with Crippen LogP contribution in [0, 0.1) is 13.8 Å². The Balaban J connectivity index is 1.92. The van der Waals surface area contributed by atoms with Gasteiger partial charge in [-0.25, -0.2) is 14.6 Å². The second-order valence-corrected chi connectivity index (χ2v) is 6.58. The maximum Gasteiger partial charge on any atom is 0.226 e. The molecule has 1 saturated heterocycles. The standard InChI is InChI=1S/C12H16BrN7OS/c1-7-9(13)10(22-12-18-17-8(2)20(12)14)16-11(15-7)19-3-5-21-6-4-19/h3-6,14H2,1-2H3. The van der Waals surface area contributed by atoms with Gasteiger partial charge >= 0.3 is 0 Å². The minimum absolute atomic E-state index is 0.587. The Morgan fingerprint density at radius 2 is 1.91 bits per heavy atom. The molecule has 0 amide bonds. The van der Waals surface area contributed by atoms with Crippen molar-refractivity contribution in [1.82, 2.24) is 24.8 Å². The van der Waals surface area contributed by atoms with Gasteiger partial charge < -0.3 is 15.5 Å². The summed E-state index contributed by atoms with van der Waals surface area (Å²) in [5.74, 6) is 7.26. The second-order valence-electron chi connectivity index (χ2n) is 4.83. The number of hydrogen-bond donors (Lipinski definition) is 1. The van der Waals surface area contributed by atoms with Crippen LogP contribution in [0.4, 0.5) is 5.95 Å². The molecule has 0 aromatic carbocycles. The third-order valence-electron chi connectivity index (χ3n) is 3.29. The molecule has 10 heteroatoms. The van der Waals surface area contributed by atoms with Crippen LogP contribution in [0.2, 0.25) is 0 Å². The Hall–Kier alpha value is -1.39. The fourth-order valence-electron chi connectivity index (χ4n) is 2.00. The van der Waals surface area contributed by atoms with Crippen LogP contribution in [0.25, 0.3) is 0 Å². The number of ether oxygens (including phenoxy) is 1. The molecule has 0 spiro atoms. The summed E-state index contributed by atoms with van der Waals surface area (Å²) in [6, 6.07) is 0. The molecule has 3 heterocycles. The number of rotatable bonds is 3. The molecule has 3 rings (SSSR count). The first-order valence-electron chi connectivity index (χ1n) is 6.78. The molecule has 2 N–H and O–H groups in total. The molecular weight excluding hydrogens is 370 g/mol. The van der Waals surface area contributed by atoms with E-state index in [1.54, 1.807) is 6.92 Å². The van der Waals surface area contributed by atoms with Gasteiger partial charge in [0.05, 0.1) is 23.4 Å². The van der Waals surface area contributed by atoms with E-state index >= 15 is 0 Å². The SMILES string of the molecule is Cc1nc(N2CCOCC2)nc(Sc2nnc(C)n2N)c1Br. The van der Waals surface area contributed by atoms with Gasteiger partial charge in [-0.3, -0.25) is 0 Å². The summed E-state index contributed by atoms with van der Waals surface area (Å²) in [5, 5.41) is 9.38. The van der Waals surface area contributed by atoms with Crippen molar-refractivity contribution in [3.8, 4) is 0 Å². The van der Waals surface area contributed by atoms with E-state index in [1.807, 2.05) is 6.92 Å². The average molecular weight is 386 g/mol. The quantitative estimate of drug-likeness (QED) is 0.620. The monoisotopic (exact) mass is 385 g/mol. The number of aryl methyl sites for hydroxylation is 2. The van der Waals surface area contributed by atoms with Gasteiger partial charge in [0.2, 0.25) is 11.1 Å². The van der Waals surface area contributed by atoms with Crippen LogP contribution in [-0.2, 0) is 4.74 Å². The van der Waals surface area contributed by atoms with E-state index in [0.717, 1.165) is 28.3 Å². The number of nitrogens with zero attached hydrogens (tertiary/aromatic N) is 6. The van der Waals surface area contributed by atoms with Gasteiger partial charge in [-0.2, -0.15) is 0 Å². The predicted octanol–water partition coefficient (Wildman–Crippen LogP) is 1.15. The van der Waals surface area contributed by atoms with E-state index < -0.39 is 0 Å². The first kappa shape index (κ1) is 15.5. The molecule has 118 valence electrons. The van der Waals surface area contributed by atoms with Gasteiger partial charge in [0.1, 0.15) is 10.9 Å². The third-order valence-corrected chi connectivity index (χ3v) is 5.45. The van der Waals surface area contributed by atoms with E-state index in [9.17, 15) is 0 Å². The van der Waals surface area contributed by atoms with E-state index in [4.69, 9.17) is 10.6 Å². The van der Waals surface area contributed by atoms with Crippen molar-refractivity contribution in [3.05, 3.63) is 16.0 Å². The van der Waals surface area contributed by atoms with Crippen molar-refractivity contribution in [3.63, 3.8) is 0 Å². The van der Waals surface area contributed by atoms with Crippen LogP contribution in [0.5, 0.6) is 0 Å². The average Bonchev–Trinajstić information content (AvgIpc) is 2.84. The van der Waals surface area contributed by atoms with E-state index in [-0.39, 0.29) is 0 Å². The number of aromatic nitrogens is 5. The lowest BCUT2D eigenvalue weighted by Gasteiger charge is -2.27. The minimum atomic E-state index is 0.587. The van der Waals surface area contributed by atoms with Crippen molar-refractivity contribution in [2.24, 2.45) is 0 Å². The van der Waals surface area contributed by atoms with Gasteiger partial charge in [-0.15, -0.1) is 10.2 Å². The molecule has 1 aliphatic rings. The number of halogens is 1. The fourth-order valence-corrected chi connectivity index (χ4v) is 3.27. The van der Waals surface area contributed by atoms with Crippen molar-refractivity contribution in [2.75, 3.05) is 37.0 Å². The Labute approximate surface area is 140 Å². The topological polar surface area (TPSA) is 95.0 Å². The number of nitrogens with two attached hydrogens (primary N) is 1. The van der Waals surface area contributed by atoms with Crippen LogP contribution in [0.1, 0.15) is 11.5 Å². The summed E-state index contributed by atoms with van der Waals surface area (Å²) >= 11 is 4.90. The maximum absolute atomic E-state index is 5.90. The lowest BCUT2D eigenvalue weighted by molar-refractivity contribution is 0.122. The molecule has 0 radical (unpaired) electrons. The largest absolute Gasteiger partial charge is 0.378 e. The Morgan fingerprint density at radius 3 is 2.55 bits per heavy atom. The molecule has 22 heavy (non-hydrogen) atoms. The zero-order chi connectivity index (χ0) is 15.7. The van der Waals surface area contributed by atoms with E-state index in [2.05, 4.69) is 41.0 Å². The fraction of sp³-hybridized carbons (Fsp3) is 0.500. The molecule has 2 aromatic rings. The molecule has 1 aliphatic heterocycles. The highest BCUT2D eigenvalue weighted by Crippen LogP contribution is 2.33. The summed E-state index contributed by atoms with van der Waals surface area (Å²) in [6.45, 7) is 6.71. The molecule has 2 aromatic heterocycles. The highest BCUT2D eigenvalue weighted by molar-refractivity contribution is 9.10. The summed E-state index contributed by atoms with van der Waals surface area (Å²) in [6.07, 6.45) is 0. The smallest absolute Gasteiger partial charge is 0.226 e. The van der Waals surface area contributed by atoms with Crippen molar-refractivity contribution in [2.45, 2.75) is 24.0 Å². The Morgan fingerprint density at radius 1 is 1.18 bits per heavy atom. The number of nitrogen functional groups attached to an aromatic ring is 1. The van der Waals surface area contributed by atoms with Crippen molar-refractivity contribution in [1.29, 1.82) is 0 Å². The lowest BCUT2D eigenvalue weighted by Crippen LogP contribution is -2.37. The first-order chi connectivity index (χ1) is 10.6. The number of anilines is 1. The molecule has 1 fully saturated rings. The highest BCUT2D eigenvalue weighted by Gasteiger charge is 2.19. The molecule has 0 aliphatic carbocycles. The Kier molecular flexibility index (Phi) is 4.50. The third kappa shape index (κ3) is 3.03. The van der Waals surface area contributed by atoms with Gasteiger partial charge in [0, 0.05) is 13.1 Å². The molecule has 0 atom stereocenters. The minimum Gasteiger partial charge on any atom is -0.378 e. The van der Waals surface area contributed by atoms with E-state index in [0.29, 0.717) is 30.1 Å². The number of hydrogen-bond acceptors (Lipinski definition) is 8. The van der Waals surface area contributed by atoms with Crippen LogP contribution in [0.15, 0.2) is 14.7 Å². The summed E-state index contributed by atoms with van der Waals surface area (Å²) < 4.78 is 7.66. The maximum atomic E-state index is 5.90. The molecular formula is C12H16BrN7OS. The summed E-state index contributed by atoms with van der Waals surface area (Å²) in [4.78, 5) is 11.3. The first-order valence-corrected chi connectivity index (χ1v) is 8.39. The van der Waals surface area contributed by atoms with Crippen LogP contribution >= 0.6 is 27.7 Å². The zero-order valence-corrected chi connectivity index (χ0v) is 14.7. The summed E-state index contributed by atoms with van der Waals surface area (Å²) in [5.41, 5.74) is 0.874. The van der Waals surface area contributed by atoms with Gasteiger partial charge in [-0.1, -0.05) is 0 Å². The van der Waals surface area contributed by atoms with Crippen LogP contribution < -0.4 is 10.7 Å². The second kappa shape index (κ2) is 6.39. The van der Waals surface area contributed by atoms with Crippen molar-refractivity contribution < 1.29 is 4.74 Å². The van der Waals surface area contributed by atoms with Crippen LogP contribution in [0.3, 0.4) is 0 Å². The van der Waals surface area contributed by atoms with Crippen molar-refractivity contribution >= 4 is 33.6 Å². The number of morpholine rings is 1. The van der Waals surface area contributed by atoms with Gasteiger partial charge in [0.15, 0.2) is 0 Å². The molecule has 0 unspecified atom stereocenters. The van der Waals surface area contributed by atoms with Crippen LogP contribution in [-0.4, -0.2) is 51.1 Å². The normalized spacial score (nSPS) is 15.3. The lowest BCUT2D eigenvalue weighted by atomic mass is 10.4. The Bertz CT molecular complexity index is 686. The van der Waals surface area contributed by atoms with E-state index in [1.165, 1.54) is 16.4 Å².